The lowest BCUT2D eigenvalue weighted by molar-refractivity contribution is 0.174. The van der Waals surface area contributed by atoms with Gasteiger partial charge in [-0.05, 0) is 25.1 Å². The highest BCUT2D eigenvalue weighted by Gasteiger charge is 2.18. The summed E-state index contributed by atoms with van der Waals surface area (Å²) >= 11 is 1.36. The van der Waals surface area contributed by atoms with Crippen LogP contribution in [0.1, 0.15) is 6.92 Å². The summed E-state index contributed by atoms with van der Waals surface area (Å²) in [7, 11) is 0. The molecule has 1 aliphatic heterocycles. The monoisotopic (exact) mass is 366 g/mol. The maximum absolute atomic E-state index is 13.1. The summed E-state index contributed by atoms with van der Waals surface area (Å²) in [6, 6.07) is 7.30. The lowest BCUT2D eigenvalue weighted by atomic mass is 10.2. The Morgan fingerprint density at radius 3 is 3.00 bits per heavy atom. The minimum atomic E-state index is -0.126. The van der Waals surface area contributed by atoms with Crippen molar-refractivity contribution in [2.45, 2.75) is 6.92 Å². The zero-order valence-electron chi connectivity index (χ0n) is 13.9. The molecule has 130 valence electrons. The topological polar surface area (TPSA) is 78.3 Å². The van der Waals surface area contributed by atoms with Gasteiger partial charge in [-0.3, -0.25) is 9.36 Å². The number of thiophene rings is 1. The molecule has 0 amide bonds. The number of ether oxygens (including phenoxy) is 2. The summed E-state index contributed by atoms with van der Waals surface area (Å²) in [5, 5.41) is 4.20. The molecule has 3 aromatic heterocycles. The van der Waals surface area contributed by atoms with E-state index in [4.69, 9.17) is 9.47 Å². The summed E-state index contributed by atoms with van der Waals surface area (Å²) in [5.41, 5.74) is 2.18. The number of pyridine rings is 1. The van der Waals surface area contributed by atoms with Crippen LogP contribution in [0.25, 0.3) is 26.1 Å². The van der Waals surface area contributed by atoms with E-state index >= 15 is 0 Å². The zero-order chi connectivity index (χ0) is 17.7. The fourth-order valence-corrected chi connectivity index (χ4v) is 4.16. The quantitative estimate of drug-likeness (QED) is 0.600. The molecule has 4 heterocycles. The number of benzene rings is 1. The van der Waals surface area contributed by atoms with Crippen LogP contribution in [0.15, 0.2) is 41.6 Å². The molecule has 8 heteroatoms. The van der Waals surface area contributed by atoms with Crippen LogP contribution in [-0.2, 0) is 0 Å². The number of nitrogens with zero attached hydrogens (tertiary/aromatic N) is 3. The number of nitrogens with one attached hydrogen (secondary N) is 1. The Morgan fingerprint density at radius 2 is 2.12 bits per heavy atom. The smallest absolute Gasteiger partial charge is 0.275 e. The van der Waals surface area contributed by atoms with Gasteiger partial charge in [0.1, 0.15) is 15.9 Å². The van der Waals surface area contributed by atoms with Gasteiger partial charge in [0.05, 0.1) is 16.6 Å². The van der Waals surface area contributed by atoms with Crippen LogP contribution in [0.5, 0.6) is 11.5 Å². The highest BCUT2D eigenvalue weighted by molar-refractivity contribution is 7.25. The van der Waals surface area contributed by atoms with E-state index in [2.05, 4.69) is 15.3 Å². The van der Waals surface area contributed by atoms with Gasteiger partial charge in [0.25, 0.3) is 5.56 Å². The number of fused-ring (bicyclic) bond motifs is 4. The lowest BCUT2D eigenvalue weighted by Gasteiger charge is -2.07. The summed E-state index contributed by atoms with van der Waals surface area (Å²) < 4.78 is 12.8. The summed E-state index contributed by atoms with van der Waals surface area (Å²) in [6.45, 7) is 3.01. The van der Waals surface area contributed by atoms with E-state index in [9.17, 15) is 4.79 Å². The van der Waals surface area contributed by atoms with Crippen LogP contribution >= 0.6 is 11.3 Å². The van der Waals surface area contributed by atoms with Crippen LogP contribution in [0, 0.1) is 0 Å². The molecule has 0 spiro atoms. The maximum Gasteiger partial charge on any atom is 0.275 e. The van der Waals surface area contributed by atoms with Crippen LogP contribution < -0.4 is 20.3 Å². The highest BCUT2D eigenvalue weighted by atomic mass is 32.1. The molecule has 0 radical (unpaired) electrons. The van der Waals surface area contributed by atoms with Gasteiger partial charge in [0.2, 0.25) is 6.79 Å². The van der Waals surface area contributed by atoms with Crippen molar-refractivity contribution in [1.82, 2.24) is 14.5 Å². The van der Waals surface area contributed by atoms with Crippen molar-refractivity contribution in [3.63, 3.8) is 0 Å². The van der Waals surface area contributed by atoms with Gasteiger partial charge in [0.15, 0.2) is 11.5 Å². The summed E-state index contributed by atoms with van der Waals surface area (Å²) in [6.07, 6.45) is 3.29. The zero-order valence-corrected chi connectivity index (χ0v) is 14.7. The molecular formula is C18H14N4O3S. The predicted molar refractivity (Wildman–Crippen MR) is 101 cm³/mol. The largest absolute Gasteiger partial charge is 0.454 e. The molecule has 4 aromatic rings. The Balaban J connectivity index is 1.74. The molecule has 0 saturated carbocycles. The SMILES string of the molecule is CCNc1ccnc2sc3c(=O)n(-c4ccc5c(c4)OCO5)cnc3c12. The minimum Gasteiger partial charge on any atom is -0.454 e. The molecule has 1 aliphatic rings. The molecule has 0 saturated heterocycles. The fourth-order valence-electron chi connectivity index (χ4n) is 3.11. The average Bonchev–Trinajstić information content (AvgIpc) is 3.27. The molecular weight excluding hydrogens is 352 g/mol. The Labute approximate surface area is 151 Å². The molecule has 1 aromatic carbocycles. The van der Waals surface area contributed by atoms with E-state index in [0.29, 0.717) is 27.4 Å². The van der Waals surface area contributed by atoms with Crippen LogP contribution in [0.4, 0.5) is 5.69 Å². The third kappa shape index (κ3) is 2.15. The first-order valence-electron chi connectivity index (χ1n) is 8.19. The van der Waals surface area contributed by atoms with Crippen molar-refractivity contribution in [2.75, 3.05) is 18.7 Å². The van der Waals surface area contributed by atoms with Gasteiger partial charge < -0.3 is 14.8 Å². The van der Waals surface area contributed by atoms with Gasteiger partial charge >= 0.3 is 0 Å². The first kappa shape index (κ1) is 15.2. The molecule has 26 heavy (non-hydrogen) atoms. The van der Waals surface area contributed by atoms with Crippen molar-refractivity contribution < 1.29 is 9.47 Å². The first-order chi connectivity index (χ1) is 12.8. The van der Waals surface area contributed by atoms with Crippen molar-refractivity contribution in [3.8, 4) is 17.2 Å². The molecule has 0 unspecified atom stereocenters. The van der Waals surface area contributed by atoms with Crippen molar-refractivity contribution in [2.24, 2.45) is 0 Å². The number of aromatic nitrogens is 3. The van der Waals surface area contributed by atoms with Crippen LogP contribution in [-0.4, -0.2) is 27.9 Å². The van der Waals surface area contributed by atoms with Crippen molar-refractivity contribution in [1.29, 1.82) is 0 Å². The molecule has 0 atom stereocenters. The Hall–Kier alpha value is -3.13. The average molecular weight is 366 g/mol. The van der Waals surface area contributed by atoms with E-state index in [-0.39, 0.29) is 12.4 Å². The second kappa shape index (κ2) is 5.70. The van der Waals surface area contributed by atoms with Gasteiger partial charge in [0, 0.05) is 24.5 Å². The van der Waals surface area contributed by atoms with Gasteiger partial charge in [-0.15, -0.1) is 11.3 Å². The Bertz CT molecular complexity index is 1210. The van der Waals surface area contributed by atoms with Crippen molar-refractivity contribution >= 4 is 37.5 Å². The molecule has 0 aliphatic carbocycles. The number of anilines is 1. The Kier molecular flexibility index (Phi) is 3.32. The van der Waals surface area contributed by atoms with Crippen molar-refractivity contribution in [3.05, 3.63) is 47.1 Å². The third-order valence-corrected chi connectivity index (χ3v) is 5.36. The Morgan fingerprint density at radius 1 is 1.23 bits per heavy atom. The highest BCUT2D eigenvalue weighted by Crippen LogP contribution is 2.35. The summed E-state index contributed by atoms with van der Waals surface area (Å²) in [4.78, 5) is 22.8. The molecule has 0 bridgehead atoms. The minimum absolute atomic E-state index is 0.126. The standard InChI is InChI=1S/C18H14N4O3S/c1-2-19-11-5-6-20-17-14(11)15-16(26-17)18(23)22(8-21-15)10-3-4-12-13(7-10)25-9-24-12/h3-8H,2,9H2,1H3,(H,19,20). The van der Waals surface area contributed by atoms with E-state index in [1.807, 2.05) is 19.1 Å². The number of hydrogen-bond donors (Lipinski definition) is 1. The number of hydrogen-bond acceptors (Lipinski definition) is 7. The second-order valence-electron chi connectivity index (χ2n) is 5.81. The van der Waals surface area contributed by atoms with Gasteiger partial charge in [-0.1, -0.05) is 0 Å². The molecule has 5 rings (SSSR count). The first-order valence-corrected chi connectivity index (χ1v) is 9.00. The molecule has 0 fully saturated rings. The summed E-state index contributed by atoms with van der Waals surface area (Å²) in [5.74, 6) is 1.30. The third-order valence-electron chi connectivity index (χ3n) is 4.28. The van der Waals surface area contributed by atoms with E-state index in [1.165, 1.54) is 15.9 Å². The fraction of sp³-hybridized carbons (Fsp3) is 0.167. The molecule has 1 N–H and O–H groups in total. The normalized spacial score (nSPS) is 12.8. The van der Waals surface area contributed by atoms with Gasteiger partial charge in [-0.2, -0.15) is 0 Å². The van der Waals surface area contributed by atoms with E-state index in [0.717, 1.165) is 22.4 Å². The van der Waals surface area contributed by atoms with Crippen LogP contribution in [0.3, 0.4) is 0 Å². The molecule has 7 nitrogen and oxygen atoms in total. The second-order valence-corrected chi connectivity index (χ2v) is 6.81. The van der Waals surface area contributed by atoms with E-state index < -0.39 is 0 Å². The predicted octanol–water partition coefficient (Wildman–Crippen LogP) is 3.16. The maximum atomic E-state index is 13.1. The lowest BCUT2D eigenvalue weighted by Crippen LogP contribution is -2.17. The number of rotatable bonds is 3. The van der Waals surface area contributed by atoms with E-state index in [1.54, 1.807) is 24.7 Å². The van der Waals surface area contributed by atoms with Gasteiger partial charge in [-0.25, -0.2) is 9.97 Å². The van der Waals surface area contributed by atoms with Crippen LogP contribution in [0.2, 0.25) is 0 Å².